The molecule has 4 heterocycles. The first kappa shape index (κ1) is 37.1. The van der Waals surface area contributed by atoms with Crippen molar-refractivity contribution in [3.8, 4) is 23.0 Å². The summed E-state index contributed by atoms with van der Waals surface area (Å²) in [5.41, 5.74) is 9.83. The first-order valence-corrected chi connectivity index (χ1v) is 19.5. The third kappa shape index (κ3) is 7.18. The Morgan fingerprint density at radius 1 is 0.586 bits per heavy atom. The summed E-state index contributed by atoms with van der Waals surface area (Å²) in [6, 6.07) is 29.6. The highest BCUT2D eigenvalue weighted by Gasteiger charge is 2.35. The lowest BCUT2D eigenvalue weighted by molar-refractivity contribution is 0.0696. The Bertz CT molecular complexity index is 2330. The highest BCUT2D eigenvalue weighted by Crippen LogP contribution is 2.41. The molecule has 11 nitrogen and oxygen atoms in total. The van der Waals surface area contributed by atoms with Gasteiger partial charge in [0.25, 0.3) is 11.8 Å². The molecule has 4 aliphatic rings. The van der Waals surface area contributed by atoms with Gasteiger partial charge in [0.05, 0.1) is 48.8 Å². The summed E-state index contributed by atoms with van der Waals surface area (Å²) in [5.74, 6) is 1.75. The van der Waals surface area contributed by atoms with Gasteiger partial charge < -0.3 is 33.6 Å². The Kier molecular flexibility index (Phi) is 9.91. The summed E-state index contributed by atoms with van der Waals surface area (Å²) in [6.07, 6.45) is 5.19. The normalized spacial score (nSPS) is 17.6. The molecule has 0 aromatic heterocycles. The van der Waals surface area contributed by atoms with Crippen molar-refractivity contribution < 1.29 is 28.5 Å². The summed E-state index contributed by atoms with van der Waals surface area (Å²) < 4.78 is 24.4. The van der Waals surface area contributed by atoms with Crippen LogP contribution in [0, 0.1) is 0 Å². The molecule has 4 aliphatic heterocycles. The van der Waals surface area contributed by atoms with Crippen LogP contribution in [0.4, 0.5) is 11.4 Å². The van der Waals surface area contributed by atoms with Crippen molar-refractivity contribution in [2.45, 2.75) is 57.8 Å². The van der Waals surface area contributed by atoms with E-state index in [1.165, 1.54) is 11.1 Å². The van der Waals surface area contributed by atoms with Gasteiger partial charge in [0.15, 0.2) is 23.0 Å². The lowest BCUT2D eigenvalue weighted by Gasteiger charge is -2.34. The minimum absolute atomic E-state index is 0.0795. The predicted molar refractivity (Wildman–Crippen MR) is 222 cm³/mol. The first-order chi connectivity index (χ1) is 28.2. The van der Waals surface area contributed by atoms with Crippen molar-refractivity contribution in [3.05, 3.63) is 141 Å². The van der Waals surface area contributed by atoms with Gasteiger partial charge in [-0.05, 0) is 84.1 Å². The molecule has 5 aromatic carbocycles. The Labute approximate surface area is 338 Å². The van der Waals surface area contributed by atoms with E-state index in [0.717, 1.165) is 40.7 Å². The number of methoxy groups -OCH3 is 2. The van der Waals surface area contributed by atoms with Crippen LogP contribution in [0.1, 0.15) is 59.7 Å². The van der Waals surface area contributed by atoms with E-state index in [-0.39, 0.29) is 37.1 Å². The molecule has 5 aromatic rings. The van der Waals surface area contributed by atoms with Gasteiger partial charge in [0.1, 0.15) is 13.2 Å². The van der Waals surface area contributed by atoms with E-state index in [1.54, 1.807) is 38.5 Å². The lowest BCUT2D eigenvalue weighted by atomic mass is 9.94. The SMILES string of the molecule is COc1cc2c(cc1OCc1cc(COc3cc4c(cc3OC)C(=O)N3Cc5ccccc5C[C@H]3C=N4)cc(CN(C)C)c1)N=C[C@@H]1Cc3ccccc3CN1C2=O. The molecule has 0 N–H and O–H groups in total. The monoisotopic (exact) mass is 775 g/mol. The zero-order valence-electron chi connectivity index (χ0n) is 33.1. The number of ether oxygens (including phenoxy) is 4. The smallest absolute Gasteiger partial charge is 0.257 e. The molecule has 0 unspecified atom stereocenters. The van der Waals surface area contributed by atoms with Crippen molar-refractivity contribution in [1.29, 1.82) is 0 Å². The fraction of sp³-hybridized carbons (Fsp3) is 0.277. The van der Waals surface area contributed by atoms with Gasteiger partial charge in [0, 0.05) is 44.2 Å². The Hall–Kier alpha value is -6.46. The average molecular weight is 776 g/mol. The molecule has 11 heteroatoms. The maximum absolute atomic E-state index is 13.9. The van der Waals surface area contributed by atoms with Gasteiger partial charge in [-0.25, -0.2) is 0 Å². The predicted octanol–water partition coefficient (Wildman–Crippen LogP) is 7.49. The van der Waals surface area contributed by atoms with Crippen molar-refractivity contribution in [2.75, 3.05) is 28.3 Å². The molecule has 58 heavy (non-hydrogen) atoms. The second-order valence-corrected chi connectivity index (χ2v) is 15.5. The number of carbonyl (C=O) groups excluding carboxylic acids is 2. The molecular formula is C47H45N5O6. The second kappa shape index (κ2) is 15.5. The van der Waals surface area contributed by atoms with Crippen molar-refractivity contribution >= 4 is 35.6 Å². The van der Waals surface area contributed by atoms with E-state index in [4.69, 9.17) is 28.9 Å². The Morgan fingerprint density at radius 2 is 1.02 bits per heavy atom. The second-order valence-electron chi connectivity index (χ2n) is 15.5. The van der Waals surface area contributed by atoms with Crippen LogP contribution in [0.5, 0.6) is 23.0 Å². The molecule has 0 saturated heterocycles. The molecule has 294 valence electrons. The van der Waals surface area contributed by atoms with Gasteiger partial charge in [-0.2, -0.15) is 0 Å². The molecule has 9 rings (SSSR count). The molecule has 2 amide bonds. The van der Waals surface area contributed by atoms with Crippen LogP contribution in [0.2, 0.25) is 0 Å². The minimum atomic E-state index is -0.132. The standard InChI is InChI=1S/C47H45N5O6/c1-50(2)24-29-13-30(27-57-44-20-40-38(18-42(44)55-3)46(53)51-25-34-11-7-5-9-32(34)16-36(51)22-48-40)15-31(14-29)28-58-45-21-41-39(19-43(45)56-4)47(54)52-26-35-12-8-6-10-33(35)17-37(52)23-49-41/h5-15,18-23,36-37H,16-17,24-28H2,1-4H3/t36-,37-/m0/s1. The van der Waals surface area contributed by atoms with E-state index in [0.29, 0.717) is 65.1 Å². The van der Waals surface area contributed by atoms with Gasteiger partial charge in [-0.3, -0.25) is 19.6 Å². The van der Waals surface area contributed by atoms with E-state index < -0.39 is 0 Å². The number of nitrogens with zero attached hydrogens (tertiary/aromatic N) is 5. The van der Waals surface area contributed by atoms with Gasteiger partial charge in [-0.1, -0.05) is 60.7 Å². The maximum atomic E-state index is 13.9. The van der Waals surface area contributed by atoms with Crippen LogP contribution < -0.4 is 18.9 Å². The van der Waals surface area contributed by atoms with Crippen molar-refractivity contribution in [2.24, 2.45) is 9.98 Å². The molecule has 0 saturated carbocycles. The van der Waals surface area contributed by atoms with E-state index in [1.807, 2.05) is 60.6 Å². The Morgan fingerprint density at radius 3 is 1.45 bits per heavy atom. The van der Waals surface area contributed by atoms with Crippen molar-refractivity contribution in [1.82, 2.24) is 14.7 Å². The number of benzene rings is 5. The molecule has 0 spiro atoms. The Balaban J connectivity index is 0.944. The first-order valence-electron chi connectivity index (χ1n) is 19.5. The summed E-state index contributed by atoms with van der Waals surface area (Å²) in [5, 5.41) is 0. The molecule has 0 aliphatic carbocycles. The fourth-order valence-electron chi connectivity index (χ4n) is 8.43. The number of amides is 2. The van der Waals surface area contributed by atoms with Crippen LogP contribution in [0.3, 0.4) is 0 Å². The summed E-state index contributed by atoms with van der Waals surface area (Å²) in [6.45, 7) is 2.25. The number of fused-ring (bicyclic) bond motifs is 6. The number of rotatable bonds is 10. The van der Waals surface area contributed by atoms with E-state index in [2.05, 4.69) is 47.4 Å². The molecular weight excluding hydrogens is 731 g/mol. The third-order valence-corrected chi connectivity index (χ3v) is 11.3. The van der Waals surface area contributed by atoms with Gasteiger partial charge in [0.2, 0.25) is 0 Å². The molecule has 0 bridgehead atoms. The largest absolute Gasteiger partial charge is 0.493 e. The fourth-order valence-corrected chi connectivity index (χ4v) is 8.43. The van der Waals surface area contributed by atoms with Crippen molar-refractivity contribution in [3.63, 3.8) is 0 Å². The summed E-state index contributed by atoms with van der Waals surface area (Å²) >= 11 is 0. The molecule has 0 radical (unpaired) electrons. The lowest BCUT2D eigenvalue weighted by Crippen LogP contribution is -2.44. The van der Waals surface area contributed by atoms with Crippen LogP contribution in [-0.2, 0) is 45.7 Å². The maximum Gasteiger partial charge on any atom is 0.257 e. The van der Waals surface area contributed by atoms with Crippen LogP contribution in [0.25, 0.3) is 0 Å². The minimum Gasteiger partial charge on any atom is -0.493 e. The number of aliphatic imine (C=N–C) groups is 2. The quantitative estimate of drug-likeness (QED) is 0.145. The van der Waals surface area contributed by atoms with E-state index >= 15 is 0 Å². The molecule has 0 fully saturated rings. The average Bonchev–Trinajstić information content (AvgIpc) is 3.45. The van der Waals surface area contributed by atoms with Crippen LogP contribution >= 0.6 is 0 Å². The van der Waals surface area contributed by atoms with E-state index in [9.17, 15) is 9.59 Å². The topological polar surface area (TPSA) is 106 Å². The van der Waals surface area contributed by atoms with Crippen LogP contribution in [-0.4, -0.2) is 79.3 Å². The number of hydrogen-bond donors (Lipinski definition) is 0. The number of hydrogen-bond acceptors (Lipinski definition) is 9. The van der Waals surface area contributed by atoms with Crippen LogP contribution in [0.15, 0.2) is 101 Å². The highest BCUT2D eigenvalue weighted by atomic mass is 16.5. The zero-order chi connectivity index (χ0) is 39.9. The van der Waals surface area contributed by atoms with Gasteiger partial charge in [-0.15, -0.1) is 0 Å². The highest BCUT2D eigenvalue weighted by molar-refractivity contribution is 6.04. The molecule has 2 atom stereocenters. The summed E-state index contributed by atoms with van der Waals surface area (Å²) in [7, 11) is 7.21. The van der Waals surface area contributed by atoms with Gasteiger partial charge >= 0.3 is 0 Å². The summed E-state index contributed by atoms with van der Waals surface area (Å²) in [4.78, 5) is 43.3. The third-order valence-electron chi connectivity index (χ3n) is 11.3. The number of carbonyl (C=O) groups is 2. The zero-order valence-corrected chi connectivity index (χ0v) is 33.1.